The van der Waals surface area contributed by atoms with Crippen molar-refractivity contribution < 1.29 is 0 Å². The van der Waals surface area contributed by atoms with Gasteiger partial charge >= 0.3 is 0 Å². The Labute approximate surface area is 117 Å². The maximum absolute atomic E-state index is 4.40. The van der Waals surface area contributed by atoms with Gasteiger partial charge in [-0.2, -0.15) is 0 Å². The normalized spacial score (nSPS) is 10.7. The van der Waals surface area contributed by atoms with Crippen LogP contribution in [0.5, 0.6) is 0 Å². The lowest BCUT2D eigenvalue weighted by molar-refractivity contribution is 1.14. The second-order valence-electron chi connectivity index (χ2n) is 3.82. The molecule has 0 radical (unpaired) electrons. The molecule has 0 aliphatic rings. The Morgan fingerprint density at radius 1 is 1.22 bits per heavy atom. The van der Waals surface area contributed by atoms with Crippen molar-refractivity contribution in [2.45, 2.75) is 6.54 Å². The largest absolute Gasteiger partial charge is 0.365 e. The third-order valence-electron chi connectivity index (χ3n) is 2.67. The van der Waals surface area contributed by atoms with E-state index >= 15 is 0 Å². The van der Waals surface area contributed by atoms with E-state index in [-0.39, 0.29) is 0 Å². The molecule has 0 fully saturated rings. The summed E-state index contributed by atoms with van der Waals surface area (Å²) in [6, 6.07) is 8.14. The highest BCUT2D eigenvalue weighted by Crippen LogP contribution is 2.27. The topological polar surface area (TPSA) is 37.8 Å². The summed E-state index contributed by atoms with van der Waals surface area (Å²) in [7, 11) is 0. The highest BCUT2D eigenvalue weighted by atomic mass is 79.9. The number of thiazole rings is 1. The molecule has 5 heteroatoms. The standard InChI is InChI=1S/C13H10BrN3S/c14-12-3-1-2-11-10(12)4-5-16-13(11)17-7-9-6-15-8-18-9/h1-6,8H,7H2,(H,16,17). The zero-order chi connectivity index (χ0) is 12.4. The van der Waals surface area contributed by atoms with E-state index in [1.165, 1.54) is 10.3 Å². The molecule has 0 spiro atoms. The minimum absolute atomic E-state index is 0.753. The molecule has 0 aliphatic heterocycles. The van der Waals surface area contributed by atoms with Crippen molar-refractivity contribution in [2.24, 2.45) is 0 Å². The van der Waals surface area contributed by atoms with E-state index in [4.69, 9.17) is 0 Å². The number of hydrogen-bond acceptors (Lipinski definition) is 4. The lowest BCUT2D eigenvalue weighted by atomic mass is 10.1. The molecule has 0 amide bonds. The molecule has 2 heterocycles. The Hall–Kier alpha value is -1.46. The molecule has 0 aliphatic carbocycles. The average Bonchev–Trinajstić information content (AvgIpc) is 2.90. The number of aromatic nitrogens is 2. The fourth-order valence-electron chi connectivity index (χ4n) is 1.81. The molecule has 0 saturated carbocycles. The third kappa shape index (κ3) is 2.23. The number of rotatable bonds is 3. The van der Waals surface area contributed by atoms with Crippen molar-refractivity contribution >= 4 is 43.9 Å². The van der Waals surface area contributed by atoms with Gasteiger partial charge in [-0.1, -0.05) is 28.1 Å². The summed E-state index contributed by atoms with van der Waals surface area (Å²) in [4.78, 5) is 9.66. The number of nitrogens with zero attached hydrogens (tertiary/aromatic N) is 2. The Bertz CT molecular complexity index is 667. The minimum Gasteiger partial charge on any atom is -0.365 e. The van der Waals surface area contributed by atoms with Crippen LogP contribution in [-0.2, 0) is 6.54 Å². The molecule has 0 bridgehead atoms. The Morgan fingerprint density at radius 3 is 3.00 bits per heavy atom. The number of nitrogens with one attached hydrogen (secondary N) is 1. The molecule has 0 unspecified atom stereocenters. The summed E-state index contributed by atoms with van der Waals surface area (Å²) in [5.74, 6) is 0.905. The first-order valence-electron chi connectivity index (χ1n) is 5.49. The Balaban J connectivity index is 1.94. The van der Waals surface area contributed by atoms with Gasteiger partial charge in [-0.25, -0.2) is 4.98 Å². The van der Waals surface area contributed by atoms with E-state index in [9.17, 15) is 0 Å². The van der Waals surface area contributed by atoms with Crippen LogP contribution in [0.2, 0.25) is 0 Å². The number of benzene rings is 1. The number of pyridine rings is 1. The molecule has 3 aromatic rings. The first-order valence-corrected chi connectivity index (χ1v) is 7.16. The van der Waals surface area contributed by atoms with Crippen molar-refractivity contribution in [3.05, 3.63) is 51.5 Å². The number of anilines is 1. The number of fused-ring (bicyclic) bond motifs is 1. The molecule has 3 rings (SSSR count). The van der Waals surface area contributed by atoms with Crippen molar-refractivity contribution in [1.82, 2.24) is 9.97 Å². The van der Waals surface area contributed by atoms with Crippen LogP contribution in [0.1, 0.15) is 4.88 Å². The van der Waals surface area contributed by atoms with Gasteiger partial charge in [0.1, 0.15) is 5.82 Å². The summed E-state index contributed by atoms with van der Waals surface area (Å²) in [6.45, 7) is 0.753. The van der Waals surface area contributed by atoms with Crippen LogP contribution in [0.4, 0.5) is 5.82 Å². The van der Waals surface area contributed by atoms with Gasteiger partial charge in [-0.15, -0.1) is 11.3 Å². The summed E-state index contributed by atoms with van der Waals surface area (Å²) in [5.41, 5.74) is 1.84. The zero-order valence-electron chi connectivity index (χ0n) is 9.43. The average molecular weight is 320 g/mol. The third-order valence-corrected chi connectivity index (χ3v) is 4.14. The number of hydrogen-bond donors (Lipinski definition) is 1. The van der Waals surface area contributed by atoms with E-state index in [0.717, 1.165) is 22.2 Å². The van der Waals surface area contributed by atoms with Gasteiger partial charge in [0.2, 0.25) is 0 Å². The molecule has 1 aromatic carbocycles. The molecular formula is C13H10BrN3S. The first kappa shape index (κ1) is 11.6. The van der Waals surface area contributed by atoms with Gasteiger partial charge in [-0.3, -0.25) is 4.98 Å². The second kappa shape index (κ2) is 5.04. The summed E-state index contributed by atoms with van der Waals surface area (Å²) < 4.78 is 1.09. The van der Waals surface area contributed by atoms with Crippen LogP contribution < -0.4 is 5.32 Å². The highest BCUT2D eigenvalue weighted by Gasteiger charge is 2.04. The first-order chi connectivity index (χ1) is 8.84. The molecular weight excluding hydrogens is 310 g/mol. The molecule has 0 atom stereocenters. The lowest BCUT2D eigenvalue weighted by Gasteiger charge is -2.08. The van der Waals surface area contributed by atoms with E-state index in [1.807, 2.05) is 36.1 Å². The summed E-state index contributed by atoms with van der Waals surface area (Å²) in [5, 5.41) is 5.64. The predicted molar refractivity (Wildman–Crippen MR) is 78.9 cm³/mol. The van der Waals surface area contributed by atoms with Crippen LogP contribution in [0.15, 0.2) is 46.6 Å². The van der Waals surface area contributed by atoms with E-state index < -0.39 is 0 Å². The zero-order valence-corrected chi connectivity index (χ0v) is 11.8. The van der Waals surface area contributed by atoms with Gasteiger partial charge in [0.05, 0.1) is 12.1 Å². The fraction of sp³-hybridized carbons (Fsp3) is 0.0769. The van der Waals surface area contributed by atoms with Crippen LogP contribution >= 0.6 is 27.3 Å². The minimum atomic E-state index is 0.753. The van der Waals surface area contributed by atoms with Crippen LogP contribution in [0.25, 0.3) is 10.8 Å². The summed E-state index contributed by atoms with van der Waals surface area (Å²) >= 11 is 5.20. The van der Waals surface area contributed by atoms with Crippen molar-refractivity contribution in [3.8, 4) is 0 Å². The van der Waals surface area contributed by atoms with Gasteiger partial charge < -0.3 is 5.32 Å². The second-order valence-corrected chi connectivity index (χ2v) is 5.64. The predicted octanol–water partition coefficient (Wildman–Crippen LogP) is 4.07. The monoisotopic (exact) mass is 319 g/mol. The lowest BCUT2D eigenvalue weighted by Crippen LogP contribution is -2.00. The summed E-state index contributed by atoms with van der Waals surface area (Å²) in [6.07, 6.45) is 3.70. The Kier molecular flexibility index (Phi) is 3.25. The van der Waals surface area contributed by atoms with Gasteiger partial charge in [0.25, 0.3) is 0 Å². The van der Waals surface area contributed by atoms with Crippen molar-refractivity contribution in [1.29, 1.82) is 0 Å². The van der Waals surface area contributed by atoms with E-state index in [1.54, 1.807) is 11.3 Å². The van der Waals surface area contributed by atoms with Crippen LogP contribution in [-0.4, -0.2) is 9.97 Å². The number of halogens is 1. The highest BCUT2D eigenvalue weighted by molar-refractivity contribution is 9.10. The maximum atomic E-state index is 4.40. The molecule has 90 valence electrons. The molecule has 1 N–H and O–H groups in total. The van der Waals surface area contributed by atoms with E-state index in [2.05, 4.69) is 37.3 Å². The van der Waals surface area contributed by atoms with E-state index in [0.29, 0.717) is 0 Å². The maximum Gasteiger partial charge on any atom is 0.134 e. The molecule has 0 saturated heterocycles. The molecule has 18 heavy (non-hydrogen) atoms. The van der Waals surface area contributed by atoms with Crippen molar-refractivity contribution in [2.75, 3.05) is 5.32 Å². The van der Waals surface area contributed by atoms with Gasteiger partial charge in [0.15, 0.2) is 0 Å². The van der Waals surface area contributed by atoms with Crippen molar-refractivity contribution in [3.63, 3.8) is 0 Å². The quantitative estimate of drug-likeness (QED) is 0.790. The molecule has 3 nitrogen and oxygen atoms in total. The molecule has 2 aromatic heterocycles. The fourth-order valence-corrected chi connectivity index (χ4v) is 2.84. The van der Waals surface area contributed by atoms with Crippen LogP contribution in [0.3, 0.4) is 0 Å². The van der Waals surface area contributed by atoms with Crippen LogP contribution in [0, 0.1) is 0 Å². The van der Waals surface area contributed by atoms with Gasteiger partial charge in [-0.05, 0) is 12.1 Å². The Morgan fingerprint density at radius 2 is 2.17 bits per heavy atom. The van der Waals surface area contributed by atoms with Gasteiger partial charge in [0, 0.05) is 32.5 Å². The smallest absolute Gasteiger partial charge is 0.134 e. The SMILES string of the molecule is Brc1cccc2c(NCc3cncs3)nccc12.